The zero-order valence-electron chi connectivity index (χ0n) is 14.9. The van der Waals surface area contributed by atoms with Gasteiger partial charge in [-0.3, -0.25) is 4.79 Å². The number of hydrogen-bond donors (Lipinski definition) is 1. The van der Waals surface area contributed by atoms with Crippen molar-refractivity contribution in [2.24, 2.45) is 4.99 Å². The number of Topliss-reactive ketones (excluding diaryl/α,β-unsaturated/α-hetero) is 1. The average Bonchev–Trinajstić information content (AvgIpc) is 3.25. The molecule has 1 fully saturated rings. The normalized spacial score (nSPS) is 16.9. The first kappa shape index (κ1) is 16.8. The van der Waals surface area contributed by atoms with Gasteiger partial charge in [0.2, 0.25) is 11.7 Å². The van der Waals surface area contributed by atoms with Gasteiger partial charge in [0.1, 0.15) is 5.65 Å². The number of nitrogens with zero attached hydrogens (tertiary/aromatic N) is 2. The SMILES string of the molecule is COc1ccc(N=C2CC(=O)/C(=C/c3c[nH]c4ncccc34)O2)cc1OC. The van der Waals surface area contributed by atoms with E-state index in [1.54, 1.807) is 50.9 Å². The molecule has 1 aliphatic rings. The van der Waals surface area contributed by atoms with Gasteiger partial charge in [-0.15, -0.1) is 0 Å². The van der Waals surface area contributed by atoms with Gasteiger partial charge in [0.05, 0.1) is 26.3 Å². The van der Waals surface area contributed by atoms with E-state index in [0.29, 0.717) is 23.1 Å². The van der Waals surface area contributed by atoms with Crippen LogP contribution in [0.4, 0.5) is 5.69 Å². The number of carbonyl (C=O) groups is 1. The van der Waals surface area contributed by atoms with E-state index in [4.69, 9.17) is 14.2 Å². The molecule has 2 aromatic heterocycles. The minimum Gasteiger partial charge on any atom is -0.493 e. The molecule has 0 amide bonds. The highest BCUT2D eigenvalue weighted by molar-refractivity contribution is 6.15. The Balaban J connectivity index is 1.61. The summed E-state index contributed by atoms with van der Waals surface area (Å²) >= 11 is 0. The fraction of sp³-hybridized carbons (Fsp3) is 0.150. The topological polar surface area (TPSA) is 85.8 Å². The van der Waals surface area contributed by atoms with Gasteiger partial charge < -0.3 is 19.2 Å². The van der Waals surface area contributed by atoms with Crippen molar-refractivity contribution in [2.45, 2.75) is 6.42 Å². The molecule has 3 heterocycles. The summed E-state index contributed by atoms with van der Waals surface area (Å²) in [5.41, 5.74) is 2.22. The molecule has 7 heteroatoms. The fourth-order valence-electron chi connectivity index (χ4n) is 2.89. The summed E-state index contributed by atoms with van der Waals surface area (Å²) in [6, 6.07) is 9.04. The van der Waals surface area contributed by atoms with Crippen LogP contribution >= 0.6 is 0 Å². The molecular weight excluding hydrogens is 346 g/mol. The van der Waals surface area contributed by atoms with E-state index < -0.39 is 0 Å². The van der Waals surface area contributed by atoms with Gasteiger partial charge in [-0.25, -0.2) is 9.98 Å². The molecule has 4 rings (SSSR count). The summed E-state index contributed by atoms with van der Waals surface area (Å²) in [6.45, 7) is 0. The number of carbonyl (C=O) groups excluding carboxylic acids is 1. The number of pyridine rings is 1. The monoisotopic (exact) mass is 363 g/mol. The largest absolute Gasteiger partial charge is 0.493 e. The van der Waals surface area contributed by atoms with E-state index in [1.807, 2.05) is 12.1 Å². The third-order valence-corrected chi connectivity index (χ3v) is 4.21. The first-order valence-corrected chi connectivity index (χ1v) is 8.32. The molecule has 0 radical (unpaired) electrons. The average molecular weight is 363 g/mol. The summed E-state index contributed by atoms with van der Waals surface area (Å²) in [4.78, 5) is 24.0. The first-order chi connectivity index (χ1) is 13.2. The van der Waals surface area contributed by atoms with Gasteiger partial charge in [0.25, 0.3) is 0 Å². The molecule has 3 aromatic rings. The molecule has 1 aromatic carbocycles. The molecule has 136 valence electrons. The number of aromatic amines is 1. The zero-order chi connectivity index (χ0) is 18.8. The minimum absolute atomic E-state index is 0.112. The van der Waals surface area contributed by atoms with Crippen LogP contribution in [0, 0.1) is 0 Å². The number of H-pyrrole nitrogens is 1. The molecule has 0 saturated carbocycles. The van der Waals surface area contributed by atoms with Crippen LogP contribution in [0.5, 0.6) is 11.5 Å². The molecule has 7 nitrogen and oxygen atoms in total. The first-order valence-electron chi connectivity index (χ1n) is 8.32. The maximum atomic E-state index is 12.3. The van der Waals surface area contributed by atoms with E-state index in [2.05, 4.69) is 15.0 Å². The van der Waals surface area contributed by atoms with Gasteiger partial charge in [0, 0.05) is 29.4 Å². The maximum Gasteiger partial charge on any atom is 0.207 e. The van der Waals surface area contributed by atoms with Crippen LogP contribution in [-0.4, -0.2) is 35.9 Å². The number of ether oxygens (including phenoxy) is 3. The molecule has 0 aliphatic carbocycles. The summed E-state index contributed by atoms with van der Waals surface area (Å²) < 4.78 is 16.2. The van der Waals surface area contributed by atoms with Crippen molar-refractivity contribution >= 4 is 34.5 Å². The number of rotatable bonds is 4. The van der Waals surface area contributed by atoms with Crippen molar-refractivity contribution < 1.29 is 19.0 Å². The van der Waals surface area contributed by atoms with Gasteiger partial charge in [-0.1, -0.05) is 0 Å². The molecule has 1 aliphatic heterocycles. The van der Waals surface area contributed by atoms with Crippen LogP contribution in [0.1, 0.15) is 12.0 Å². The van der Waals surface area contributed by atoms with Crippen LogP contribution in [0.2, 0.25) is 0 Å². The number of aliphatic imine (C=N–C) groups is 1. The smallest absolute Gasteiger partial charge is 0.207 e. The number of allylic oxidation sites excluding steroid dienone is 1. The van der Waals surface area contributed by atoms with Crippen LogP contribution in [0.25, 0.3) is 17.1 Å². The summed E-state index contributed by atoms with van der Waals surface area (Å²) in [7, 11) is 3.13. The molecule has 0 spiro atoms. The van der Waals surface area contributed by atoms with E-state index in [-0.39, 0.29) is 18.0 Å². The van der Waals surface area contributed by atoms with Gasteiger partial charge in [-0.05, 0) is 30.3 Å². The highest BCUT2D eigenvalue weighted by Crippen LogP contribution is 2.32. The number of benzene rings is 1. The van der Waals surface area contributed by atoms with Crippen molar-refractivity contribution in [3.05, 3.63) is 54.0 Å². The van der Waals surface area contributed by atoms with Crippen LogP contribution in [-0.2, 0) is 9.53 Å². The lowest BCUT2D eigenvalue weighted by Gasteiger charge is -2.07. The van der Waals surface area contributed by atoms with Crippen molar-refractivity contribution in [2.75, 3.05) is 14.2 Å². The van der Waals surface area contributed by atoms with Crippen molar-refractivity contribution in [1.82, 2.24) is 9.97 Å². The lowest BCUT2D eigenvalue weighted by atomic mass is 10.1. The quantitative estimate of drug-likeness (QED) is 0.715. The van der Waals surface area contributed by atoms with E-state index in [9.17, 15) is 4.79 Å². The molecule has 0 unspecified atom stereocenters. The predicted molar refractivity (Wildman–Crippen MR) is 101 cm³/mol. The summed E-state index contributed by atoms with van der Waals surface area (Å²) in [5.74, 6) is 1.66. The Morgan fingerprint density at radius 1 is 1.22 bits per heavy atom. The van der Waals surface area contributed by atoms with Crippen molar-refractivity contribution in [3.63, 3.8) is 0 Å². The lowest BCUT2D eigenvalue weighted by molar-refractivity contribution is -0.114. The third kappa shape index (κ3) is 3.27. The zero-order valence-corrected chi connectivity index (χ0v) is 14.9. The standard InChI is InChI=1S/C20H17N3O4/c1-25-16-6-5-13(9-18(16)26-2)23-19-10-15(24)17(27-19)8-12-11-22-20-14(12)4-3-7-21-20/h3-9,11H,10H2,1-2H3,(H,21,22)/b17-8-,23-19?. The molecule has 27 heavy (non-hydrogen) atoms. The lowest BCUT2D eigenvalue weighted by Crippen LogP contribution is -1.93. The number of nitrogens with one attached hydrogen (secondary N) is 1. The fourth-order valence-corrected chi connectivity index (χ4v) is 2.89. The van der Waals surface area contributed by atoms with Crippen LogP contribution in [0.3, 0.4) is 0 Å². The van der Waals surface area contributed by atoms with E-state index in [1.165, 1.54) is 0 Å². The molecular formula is C20H17N3O4. The summed E-state index contributed by atoms with van der Waals surface area (Å²) in [5, 5.41) is 0.923. The second-order valence-electron chi connectivity index (χ2n) is 5.90. The number of fused-ring (bicyclic) bond motifs is 1. The predicted octanol–water partition coefficient (Wildman–Crippen LogP) is 3.64. The van der Waals surface area contributed by atoms with Crippen molar-refractivity contribution in [1.29, 1.82) is 0 Å². The Morgan fingerprint density at radius 2 is 2.07 bits per heavy atom. The maximum absolute atomic E-state index is 12.3. The molecule has 1 saturated heterocycles. The van der Waals surface area contributed by atoms with E-state index >= 15 is 0 Å². The highest BCUT2D eigenvalue weighted by Gasteiger charge is 2.26. The number of methoxy groups -OCH3 is 2. The highest BCUT2D eigenvalue weighted by atomic mass is 16.5. The summed E-state index contributed by atoms with van der Waals surface area (Å²) in [6.07, 6.45) is 5.33. The number of ketones is 1. The Hall–Kier alpha value is -3.61. The molecule has 0 atom stereocenters. The Labute approximate surface area is 155 Å². The second kappa shape index (κ2) is 6.95. The molecule has 1 N–H and O–H groups in total. The van der Waals surface area contributed by atoms with E-state index in [0.717, 1.165) is 16.6 Å². The van der Waals surface area contributed by atoms with Gasteiger partial charge in [-0.2, -0.15) is 0 Å². The minimum atomic E-state index is -0.118. The van der Waals surface area contributed by atoms with Crippen LogP contribution in [0.15, 0.2) is 53.5 Å². The number of aromatic nitrogens is 2. The third-order valence-electron chi connectivity index (χ3n) is 4.21. The van der Waals surface area contributed by atoms with Gasteiger partial charge in [0.15, 0.2) is 17.3 Å². The Kier molecular flexibility index (Phi) is 4.33. The second-order valence-corrected chi connectivity index (χ2v) is 5.90. The molecule has 0 bridgehead atoms. The van der Waals surface area contributed by atoms with Crippen LogP contribution < -0.4 is 9.47 Å². The Morgan fingerprint density at radius 3 is 2.89 bits per heavy atom. The van der Waals surface area contributed by atoms with Gasteiger partial charge >= 0.3 is 0 Å². The van der Waals surface area contributed by atoms with Crippen molar-refractivity contribution in [3.8, 4) is 11.5 Å². The number of hydrogen-bond acceptors (Lipinski definition) is 6. The Bertz CT molecular complexity index is 1080.